The van der Waals surface area contributed by atoms with Gasteiger partial charge in [0.1, 0.15) is 12.3 Å². The molecule has 18 heavy (non-hydrogen) atoms. The normalized spacial score (nSPS) is 9.78. The Labute approximate surface area is 105 Å². The Hall–Kier alpha value is -2.24. The lowest BCUT2D eigenvalue weighted by molar-refractivity contribution is -0.137. The summed E-state index contributed by atoms with van der Waals surface area (Å²) >= 11 is 0. The third-order valence-corrected chi connectivity index (χ3v) is 2.16. The third kappa shape index (κ3) is 5.20. The predicted molar refractivity (Wildman–Crippen MR) is 66.2 cm³/mol. The number of amides is 1. The van der Waals surface area contributed by atoms with Gasteiger partial charge in [-0.2, -0.15) is 0 Å². The van der Waals surface area contributed by atoms with Crippen LogP contribution in [0.5, 0.6) is 5.75 Å². The Kier molecular flexibility index (Phi) is 5.50. The Morgan fingerprint density at radius 3 is 2.72 bits per heavy atom. The zero-order valence-corrected chi connectivity index (χ0v) is 9.89. The number of nitrogens with two attached hydrogens (primary N) is 1. The number of hydrogen-bond donors (Lipinski definition) is 3. The zero-order chi connectivity index (χ0) is 13.4. The number of aliphatic carboxylic acids is 1. The summed E-state index contributed by atoms with van der Waals surface area (Å²) in [4.78, 5) is 21.4. The molecule has 0 aliphatic heterocycles. The van der Waals surface area contributed by atoms with Crippen LogP contribution in [0, 0.1) is 0 Å². The smallest absolute Gasteiger partial charge is 0.322 e. The van der Waals surface area contributed by atoms with Crippen LogP contribution in [-0.4, -0.2) is 30.1 Å². The molecule has 0 aliphatic rings. The molecule has 0 spiro atoms. The number of nitrogen functional groups attached to an aromatic ring is 1. The second-order valence-corrected chi connectivity index (χ2v) is 3.66. The molecule has 0 saturated carbocycles. The standard InChI is InChI=1S/C12H16N2O4/c13-9-4-1-2-5-10(9)18-7-3-6-11(15)14-8-12(16)17/h1-2,4-5H,3,6-8,13H2,(H,14,15)(H,16,17). The SMILES string of the molecule is Nc1ccccc1OCCCC(=O)NCC(=O)O. The van der Waals surface area contributed by atoms with Crippen LogP contribution in [0.1, 0.15) is 12.8 Å². The van der Waals surface area contributed by atoms with Crippen molar-refractivity contribution in [2.45, 2.75) is 12.8 Å². The van der Waals surface area contributed by atoms with Gasteiger partial charge in [0.15, 0.2) is 0 Å². The van der Waals surface area contributed by atoms with Gasteiger partial charge in [0.2, 0.25) is 5.91 Å². The Balaban J connectivity index is 2.17. The number of benzene rings is 1. The molecule has 1 rings (SSSR count). The molecule has 4 N–H and O–H groups in total. The van der Waals surface area contributed by atoms with Crippen LogP contribution in [0.15, 0.2) is 24.3 Å². The fraction of sp³-hybridized carbons (Fsp3) is 0.333. The second kappa shape index (κ2) is 7.16. The molecule has 6 heteroatoms. The van der Waals surface area contributed by atoms with Crippen molar-refractivity contribution in [3.05, 3.63) is 24.3 Å². The van der Waals surface area contributed by atoms with Crippen molar-refractivity contribution in [2.75, 3.05) is 18.9 Å². The van der Waals surface area contributed by atoms with E-state index >= 15 is 0 Å². The van der Waals surface area contributed by atoms with E-state index in [0.29, 0.717) is 24.5 Å². The van der Waals surface area contributed by atoms with Crippen LogP contribution in [0.25, 0.3) is 0 Å². The molecule has 6 nitrogen and oxygen atoms in total. The molecule has 1 aromatic carbocycles. The summed E-state index contributed by atoms with van der Waals surface area (Å²) in [6.45, 7) is 0.0000284. The largest absolute Gasteiger partial charge is 0.491 e. The Morgan fingerprint density at radius 2 is 2.06 bits per heavy atom. The van der Waals surface area contributed by atoms with E-state index in [-0.39, 0.29) is 18.9 Å². The van der Waals surface area contributed by atoms with E-state index in [2.05, 4.69) is 5.32 Å². The summed E-state index contributed by atoms with van der Waals surface area (Å²) in [6, 6.07) is 7.10. The summed E-state index contributed by atoms with van der Waals surface area (Å²) in [5.74, 6) is -0.776. The van der Waals surface area contributed by atoms with Crippen molar-refractivity contribution in [3.8, 4) is 5.75 Å². The van der Waals surface area contributed by atoms with Gasteiger partial charge < -0.3 is 20.9 Å². The highest BCUT2D eigenvalue weighted by Crippen LogP contribution is 2.19. The molecule has 0 bridgehead atoms. The molecular weight excluding hydrogens is 236 g/mol. The maximum Gasteiger partial charge on any atom is 0.322 e. The van der Waals surface area contributed by atoms with E-state index in [4.69, 9.17) is 15.6 Å². The first-order chi connectivity index (χ1) is 8.59. The van der Waals surface area contributed by atoms with Crippen LogP contribution < -0.4 is 15.8 Å². The van der Waals surface area contributed by atoms with Crippen LogP contribution in [0.2, 0.25) is 0 Å². The van der Waals surface area contributed by atoms with E-state index < -0.39 is 5.97 Å². The van der Waals surface area contributed by atoms with Crippen molar-refractivity contribution >= 4 is 17.6 Å². The molecule has 0 radical (unpaired) electrons. The molecule has 0 atom stereocenters. The molecule has 0 aliphatic carbocycles. The van der Waals surface area contributed by atoms with Gasteiger partial charge >= 0.3 is 5.97 Å². The van der Waals surface area contributed by atoms with Crippen LogP contribution >= 0.6 is 0 Å². The van der Waals surface area contributed by atoms with Crippen LogP contribution in [0.4, 0.5) is 5.69 Å². The van der Waals surface area contributed by atoms with Gasteiger partial charge in [0.05, 0.1) is 12.3 Å². The number of carboxylic acid groups (broad SMARTS) is 1. The minimum Gasteiger partial charge on any atom is -0.491 e. The molecule has 1 aromatic rings. The molecule has 1 amide bonds. The van der Waals surface area contributed by atoms with Gasteiger partial charge in [-0.25, -0.2) is 0 Å². The van der Waals surface area contributed by atoms with E-state index in [1.807, 2.05) is 12.1 Å². The summed E-state index contributed by atoms with van der Waals surface area (Å²) in [5.41, 5.74) is 6.22. The number of rotatable bonds is 7. The van der Waals surface area contributed by atoms with Crippen molar-refractivity contribution in [1.82, 2.24) is 5.32 Å². The van der Waals surface area contributed by atoms with Crippen LogP contribution in [0.3, 0.4) is 0 Å². The van der Waals surface area contributed by atoms with Gasteiger partial charge in [0.25, 0.3) is 0 Å². The highest BCUT2D eigenvalue weighted by molar-refractivity contribution is 5.80. The minimum atomic E-state index is -1.06. The van der Waals surface area contributed by atoms with Crippen molar-refractivity contribution in [3.63, 3.8) is 0 Å². The van der Waals surface area contributed by atoms with Crippen LogP contribution in [-0.2, 0) is 9.59 Å². The molecule has 0 saturated heterocycles. The van der Waals surface area contributed by atoms with Gasteiger partial charge in [0, 0.05) is 6.42 Å². The highest BCUT2D eigenvalue weighted by Gasteiger charge is 2.04. The maximum absolute atomic E-state index is 11.2. The average Bonchev–Trinajstić information content (AvgIpc) is 2.34. The zero-order valence-electron chi connectivity index (χ0n) is 9.89. The van der Waals surface area contributed by atoms with Gasteiger partial charge in [-0.3, -0.25) is 9.59 Å². The summed E-state index contributed by atoms with van der Waals surface area (Å²) < 4.78 is 5.39. The number of carbonyl (C=O) groups is 2. The molecule has 0 unspecified atom stereocenters. The molecule has 0 heterocycles. The molecule has 0 fully saturated rings. The third-order valence-electron chi connectivity index (χ3n) is 2.16. The Morgan fingerprint density at radius 1 is 1.33 bits per heavy atom. The predicted octanol–water partition coefficient (Wildman–Crippen LogP) is 0.629. The first-order valence-electron chi connectivity index (χ1n) is 5.55. The molecular formula is C12H16N2O4. The Bertz CT molecular complexity index is 420. The number of nitrogens with one attached hydrogen (secondary N) is 1. The van der Waals surface area contributed by atoms with E-state index in [0.717, 1.165) is 0 Å². The lowest BCUT2D eigenvalue weighted by Gasteiger charge is -2.08. The van der Waals surface area contributed by atoms with Gasteiger partial charge in [-0.1, -0.05) is 12.1 Å². The van der Waals surface area contributed by atoms with Crippen molar-refractivity contribution in [1.29, 1.82) is 0 Å². The van der Waals surface area contributed by atoms with Crippen molar-refractivity contribution < 1.29 is 19.4 Å². The minimum absolute atomic E-state index is 0.222. The fourth-order valence-corrected chi connectivity index (χ4v) is 1.29. The van der Waals surface area contributed by atoms with E-state index in [1.165, 1.54) is 0 Å². The topological polar surface area (TPSA) is 102 Å². The lowest BCUT2D eigenvalue weighted by atomic mass is 10.3. The number of para-hydroxylation sites is 2. The second-order valence-electron chi connectivity index (χ2n) is 3.66. The number of hydrogen-bond acceptors (Lipinski definition) is 4. The van der Waals surface area contributed by atoms with Gasteiger partial charge in [-0.15, -0.1) is 0 Å². The first kappa shape index (κ1) is 13.8. The quantitative estimate of drug-likeness (QED) is 0.488. The van der Waals surface area contributed by atoms with E-state index in [1.54, 1.807) is 12.1 Å². The molecule has 0 aromatic heterocycles. The van der Waals surface area contributed by atoms with E-state index in [9.17, 15) is 9.59 Å². The maximum atomic E-state index is 11.2. The number of ether oxygens (including phenoxy) is 1. The number of carboxylic acids is 1. The fourth-order valence-electron chi connectivity index (χ4n) is 1.29. The average molecular weight is 252 g/mol. The summed E-state index contributed by atoms with van der Waals surface area (Å²) in [7, 11) is 0. The summed E-state index contributed by atoms with van der Waals surface area (Å²) in [6.07, 6.45) is 0.722. The molecule has 98 valence electrons. The summed E-state index contributed by atoms with van der Waals surface area (Å²) in [5, 5.41) is 10.6. The van der Waals surface area contributed by atoms with Crippen molar-refractivity contribution in [2.24, 2.45) is 0 Å². The first-order valence-corrected chi connectivity index (χ1v) is 5.55. The van der Waals surface area contributed by atoms with Gasteiger partial charge in [-0.05, 0) is 18.6 Å². The number of anilines is 1. The lowest BCUT2D eigenvalue weighted by Crippen LogP contribution is -2.29. The monoisotopic (exact) mass is 252 g/mol. The number of carbonyl (C=O) groups excluding carboxylic acids is 1. The highest BCUT2D eigenvalue weighted by atomic mass is 16.5.